The fraction of sp³-hybridized carbons (Fsp3) is 0.627. The van der Waals surface area contributed by atoms with E-state index in [2.05, 4.69) is 123 Å². The molecule has 0 saturated heterocycles. The summed E-state index contributed by atoms with van der Waals surface area (Å²) in [5.74, 6) is -0.232. The largest absolute Gasteiger partial charge is 0.457 e. The Balaban J connectivity index is 3.59. The van der Waals surface area contributed by atoms with Gasteiger partial charge in [-0.25, -0.2) is 0 Å². The van der Waals surface area contributed by atoms with Gasteiger partial charge in [-0.2, -0.15) is 0 Å². The van der Waals surface area contributed by atoms with Crippen LogP contribution in [0.2, 0.25) is 0 Å². The first-order valence-corrected chi connectivity index (χ1v) is 22.5. The van der Waals surface area contributed by atoms with Crippen LogP contribution in [0, 0.1) is 0 Å². The van der Waals surface area contributed by atoms with E-state index in [-0.39, 0.29) is 19.2 Å². The number of carbonyl (C=O) groups excluding carboxylic acids is 1. The number of aliphatic hydroxyl groups excluding tert-OH is 1. The van der Waals surface area contributed by atoms with Crippen LogP contribution in [-0.4, -0.2) is 37.0 Å². The molecule has 0 heterocycles. The molecule has 0 aromatic carbocycles. The van der Waals surface area contributed by atoms with Crippen LogP contribution in [-0.2, 0) is 14.3 Å². The van der Waals surface area contributed by atoms with Gasteiger partial charge in [0.2, 0.25) is 0 Å². The number of hydrogen-bond acceptors (Lipinski definition) is 4. The highest BCUT2D eigenvalue weighted by molar-refractivity contribution is 5.69. The van der Waals surface area contributed by atoms with Crippen molar-refractivity contribution < 1.29 is 19.4 Å². The fourth-order valence-corrected chi connectivity index (χ4v) is 5.76. The zero-order valence-corrected chi connectivity index (χ0v) is 35.6. The normalized spacial score (nSPS) is 13.4. The molecule has 0 rings (SSSR count). The van der Waals surface area contributed by atoms with E-state index in [4.69, 9.17) is 9.47 Å². The van der Waals surface area contributed by atoms with E-state index in [1.165, 1.54) is 77.0 Å². The van der Waals surface area contributed by atoms with Crippen LogP contribution in [0.4, 0.5) is 0 Å². The van der Waals surface area contributed by atoms with Crippen molar-refractivity contribution in [3.8, 4) is 0 Å². The predicted molar refractivity (Wildman–Crippen MR) is 241 cm³/mol. The molecule has 0 amide bonds. The molecule has 0 saturated carbocycles. The molecule has 0 spiro atoms. The van der Waals surface area contributed by atoms with Gasteiger partial charge in [0.15, 0.2) is 0 Å². The molecule has 4 heteroatoms. The van der Waals surface area contributed by atoms with E-state index in [0.29, 0.717) is 13.0 Å². The average molecular weight is 761 g/mol. The van der Waals surface area contributed by atoms with Gasteiger partial charge in [-0.1, -0.05) is 187 Å². The zero-order valence-electron chi connectivity index (χ0n) is 35.6. The third-order valence-corrected chi connectivity index (χ3v) is 9.08. The number of unbranched alkanes of at least 4 members (excludes halogenated alkanes) is 14. The Morgan fingerprint density at radius 3 is 1.24 bits per heavy atom. The number of esters is 1. The van der Waals surface area contributed by atoms with E-state index < -0.39 is 6.10 Å². The topological polar surface area (TPSA) is 55.8 Å². The van der Waals surface area contributed by atoms with Crippen molar-refractivity contribution >= 4 is 5.97 Å². The summed E-state index contributed by atoms with van der Waals surface area (Å²) in [5, 5.41) is 9.61. The number of rotatable bonds is 40. The Labute approximate surface area is 340 Å². The number of hydrogen-bond donors (Lipinski definition) is 1. The van der Waals surface area contributed by atoms with Crippen molar-refractivity contribution in [2.45, 2.75) is 187 Å². The summed E-state index contributed by atoms with van der Waals surface area (Å²) in [5.41, 5.74) is 0. The summed E-state index contributed by atoms with van der Waals surface area (Å²) >= 11 is 0. The maximum Gasteiger partial charge on any atom is 0.306 e. The van der Waals surface area contributed by atoms with Crippen molar-refractivity contribution in [2.24, 2.45) is 0 Å². The van der Waals surface area contributed by atoms with Crippen LogP contribution < -0.4 is 0 Å². The van der Waals surface area contributed by atoms with Gasteiger partial charge in [0.1, 0.15) is 6.10 Å². The van der Waals surface area contributed by atoms with Gasteiger partial charge >= 0.3 is 5.97 Å². The number of aliphatic hydroxyl groups is 1. The van der Waals surface area contributed by atoms with E-state index in [9.17, 15) is 9.90 Å². The summed E-state index contributed by atoms with van der Waals surface area (Å²) in [6.45, 7) is 5.05. The molecule has 1 unspecified atom stereocenters. The fourth-order valence-electron chi connectivity index (χ4n) is 5.76. The summed E-state index contributed by atoms with van der Waals surface area (Å²) in [6.07, 6.45) is 68.7. The molecule has 0 fully saturated rings. The Hall–Kier alpha value is -2.95. The van der Waals surface area contributed by atoms with Crippen molar-refractivity contribution in [1.82, 2.24) is 0 Å². The molecule has 4 nitrogen and oxygen atoms in total. The van der Waals surface area contributed by atoms with E-state index in [1.807, 2.05) is 0 Å². The summed E-state index contributed by atoms with van der Waals surface area (Å²) in [6, 6.07) is 0. The Bertz CT molecular complexity index is 1070. The van der Waals surface area contributed by atoms with E-state index in [0.717, 1.165) is 83.5 Å². The molecule has 1 atom stereocenters. The lowest BCUT2D eigenvalue weighted by atomic mass is 10.1. The number of carbonyl (C=O) groups is 1. The first-order chi connectivity index (χ1) is 27.2. The van der Waals surface area contributed by atoms with Crippen molar-refractivity contribution in [2.75, 3.05) is 19.8 Å². The van der Waals surface area contributed by atoms with Gasteiger partial charge in [-0.15, -0.1) is 0 Å². The number of allylic oxidation sites excluding steroid dienone is 18. The molecule has 0 aromatic heterocycles. The maximum atomic E-state index is 12.2. The maximum absolute atomic E-state index is 12.2. The zero-order chi connectivity index (χ0) is 39.8. The van der Waals surface area contributed by atoms with Crippen LogP contribution >= 0.6 is 0 Å². The van der Waals surface area contributed by atoms with Crippen LogP contribution in [0.25, 0.3) is 0 Å². The lowest BCUT2D eigenvalue weighted by Crippen LogP contribution is -2.27. The second-order valence-electron chi connectivity index (χ2n) is 14.4. The molecular weight excluding hydrogens is 677 g/mol. The van der Waals surface area contributed by atoms with Gasteiger partial charge in [-0.05, 0) is 96.3 Å². The lowest BCUT2D eigenvalue weighted by Gasteiger charge is -2.15. The Morgan fingerprint density at radius 1 is 0.455 bits per heavy atom. The number of ether oxygens (including phenoxy) is 2. The standard InChI is InChI=1S/C51H84O4/c1-3-5-7-9-11-13-15-17-19-21-23-25-26-27-28-30-32-34-36-38-40-42-44-46-51(53)55-50(48-52)49-54-47-45-43-41-39-37-35-33-31-29-24-22-20-18-16-14-12-10-8-6-4-2/h6,8,12,14-15,17-18,20-21,23-24,26-27,29,33,35,39,41,50,52H,3-5,7,9-11,13,16,19,22,25,28,30-32,34,36-38,40,42-49H2,1-2H3/b8-6-,14-12-,17-15-,20-18-,23-21-,27-26-,29-24-,35-33-,41-39-. The minimum absolute atomic E-state index is 0.205. The highest BCUT2D eigenvalue weighted by atomic mass is 16.6. The van der Waals surface area contributed by atoms with Crippen molar-refractivity contribution in [1.29, 1.82) is 0 Å². The van der Waals surface area contributed by atoms with Crippen LogP contribution in [0.5, 0.6) is 0 Å². The SMILES string of the molecule is CC/C=C\C/C=C\C/C=C\C/C=C\C/C=C\C/C=C\CCCOCC(CO)OC(=O)CCCCCCCCCC/C=C\C/C=C\C/C=C\CCCCCCC. The minimum Gasteiger partial charge on any atom is -0.457 e. The highest BCUT2D eigenvalue weighted by Gasteiger charge is 2.13. The molecule has 55 heavy (non-hydrogen) atoms. The molecule has 0 aliphatic rings. The van der Waals surface area contributed by atoms with Crippen molar-refractivity contribution in [3.63, 3.8) is 0 Å². The van der Waals surface area contributed by atoms with Gasteiger partial charge in [0, 0.05) is 13.0 Å². The molecule has 0 aliphatic carbocycles. The molecule has 1 N–H and O–H groups in total. The first kappa shape index (κ1) is 52.0. The Kier molecular flexibility index (Phi) is 44.7. The molecule has 0 aromatic rings. The molecule has 312 valence electrons. The highest BCUT2D eigenvalue weighted by Crippen LogP contribution is 2.12. The molecule has 0 radical (unpaired) electrons. The molecule has 0 aliphatic heterocycles. The Morgan fingerprint density at radius 2 is 0.818 bits per heavy atom. The van der Waals surface area contributed by atoms with Crippen molar-refractivity contribution in [3.05, 3.63) is 109 Å². The first-order valence-electron chi connectivity index (χ1n) is 22.5. The van der Waals surface area contributed by atoms with Gasteiger partial charge in [-0.3, -0.25) is 4.79 Å². The van der Waals surface area contributed by atoms with Crippen LogP contribution in [0.1, 0.15) is 181 Å². The third kappa shape index (κ3) is 45.3. The second kappa shape index (κ2) is 47.2. The van der Waals surface area contributed by atoms with Gasteiger partial charge in [0.05, 0.1) is 13.2 Å². The minimum atomic E-state index is -0.577. The van der Waals surface area contributed by atoms with E-state index in [1.54, 1.807) is 0 Å². The quantitative estimate of drug-likeness (QED) is 0.0384. The smallest absolute Gasteiger partial charge is 0.306 e. The third-order valence-electron chi connectivity index (χ3n) is 9.08. The van der Waals surface area contributed by atoms with Gasteiger partial charge < -0.3 is 14.6 Å². The summed E-state index contributed by atoms with van der Waals surface area (Å²) in [7, 11) is 0. The average Bonchev–Trinajstić information content (AvgIpc) is 3.19. The summed E-state index contributed by atoms with van der Waals surface area (Å²) in [4.78, 5) is 12.2. The van der Waals surface area contributed by atoms with Gasteiger partial charge in [0.25, 0.3) is 0 Å². The monoisotopic (exact) mass is 761 g/mol. The second-order valence-corrected chi connectivity index (χ2v) is 14.4. The molecule has 0 bridgehead atoms. The predicted octanol–water partition coefficient (Wildman–Crippen LogP) is 15.1. The van der Waals surface area contributed by atoms with Crippen LogP contribution in [0.3, 0.4) is 0 Å². The lowest BCUT2D eigenvalue weighted by molar-refractivity contribution is -0.154. The summed E-state index contributed by atoms with van der Waals surface area (Å²) < 4.78 is 11.1. The van der Waals surface area contributed by atoms with E-state index >= 15 is 0 Å². The van der Waals surface area contributed by atoms with Crippen LogP contribution in [0.15, 0.2) is 109 Å². The molecular formula is C51H84O4.